The third-order valence-corrected chi connectivity index (χ3v) is 4.35. The first-order valence-electron chi connectivity index (χ1n) is 8.83. The summed E-state index contributed by atoms with van der Waals surface area (Å²) >= 11 is 0. The minimum absolute atomic E-state index is 0.174. The van der Waals surface area contributed by atoms with E-state index in [1.165, 1.54) is 11.0 Å². The molecule has 150 valence electrons. The third kappa shape index (κ3) is 4.01. The zero-order valence-electron chi connectivity index (χ0n) is 15.9. The van der Waals surface area contributed by atoms with Crippen LogP contribution < -0.4 is 11.1 Å². The highest BCUT2D eigenvalue weighted by atomic mass is 19.1. The zero-order chi connectivity index (χ0) is 20.6. The lowest BCUT2D eigenvalue weighted by atomic mass is 10.0. The second-order valence-corrected chi connectivity index (χ2v) is 7.70. The summed E-state index contributed by atoms with van der Waals surface area (Å²) in [6.45, 7) is 5.35. The zero-order valence-corrected chi connectivity index (χ0v) is 15.9. The number of aliphatic hydroxyl groups is 1. The van der Waals surface area contributed by atoms with Gasteiger partial charge in [0, 0.05) is 5.69 Å². The van der Waals surface area contributed by atoms with E-state index in [2.05, 4.69) is 5.32 Å². The predicted octanol–water partition coefficient (Wildman–Crippen LogP) is 3.77. The van der Waals surface area contributed by atoms with E-state index in [-0.39, 0.29) is 6.54 Å². The van der Waals surface area contributed by atoms with Crippen LogP contribution in [0.15, 0.2) is 36.4 Å². The van der Waals surface area contributed by atoms with Gasteiger partial charge >= 0.3 is 6.09 Å². The summed E-state index contributed by atoms with van der Waals surface area (Å²) in [5.74, 6) is -1.71. The molecule has 0 bridgehead atoms. The Labute approximate surface area is 161 Å². The van der Waals surface area contributed by atoms with Gasteiger partial charge in [0.25, 0.3) is 0 Å². The number of hydrogen-bond donors (Lipinski definition) is 3. The fourth-order valence-corrected chi connectivity index (χ4v) is 3.18. The Morgan fingerprint density at radius 1 is 1.29 bits per heavy atom. The monoisotopic (exact) mass is 391 g/mol. The fraction of sp³-hybridized carbons (Fsp3) is 0.350. The summed E-state index contributed by atoms with van der Waals surface area (Å²) in [6.07, 6.45) is -2.15. The molecule has 8 heteroatoms. The molecule has 2 aromatic carbocycles. The SMILES string of the molecule is CC(C)(C)OC(=O)N1Cc2ccc(N)cc2C1C(O)Nc1c(F)cccc1F. The van der Waals surface area contributed by atoms with Crippen LogP contribution in [0.2, 0.25) is 0 Å². The first-order chi connectivity index (χ1) is 13.1. The Hall–Kier alpha value is -2.87. The van der Waals surface area contributed by atoms with E-state index in [9.17, 15) is 18.7 Å². The first-order valence-corrected chi connectivity index (χ1v) is 8.83. The molecule has 28 heavy (non-hydrogen) atoms. The number of nitrogens with one attached hydrogen (secondary N) is 1. The van der Waals surface area contributed by atoms with Crippen LogP contribution in [-0.2, 0) is 11.3 Å². The predicted molar refractivity (Wildman–Crippen MR) is 101 cm³/mol. The number of benzene rings is 2. The molecule has 1 aliphatic rings. The Morgan fingerprint density at radius 3 is 2.54 bits per heavy atom. The standard InChI is InChI=1S/C20H23F2N3O3/c1-20(2,3)28-19(27)25-10-11-7-8-12(23)9-13(11)17(25)18(26)24-16-14(21)5-4-6-15(16)22/h4-9,17-18,24,26H,10,23H2,1-3H3. The van der Waals surface area contributed by atoms with Crippen molar-refractivity contribution in [3.8, 4) is 0 Å². The van der Waals surface area contributed by atoms with Gasteiger partial charge in [0.15, 0.2) is 0 Å². The molecule has 2 atom stereocenters. The van der Waals surface area contributed by atoms with Gasteiger partial charge in [-0.1, -0.05) is 12.1 Å². The quantitative estimate of drug-likeness (QED) is 0.548. The minimum Gasteiger partial charge on any atom is -0.444 e. The van der Waals surface area contributed by atoms with Crippen LogP contribution in [0.4, 0.5) is 25.0 Å². The number of para-hydroxylation sites is 1. The highest BCUT2D eigenvalue weighted by Gasteiger charge is 2.40. The highest BCUT2D eigenvalue weighted by Crippen LogP contribution is 2.38. The van der Waals surface area contributed by atoms with Crippen molar-refractivity contribution in [1.29, 1.82) is 0 Å². The lowest BCUT2D eigenvalue weighted by Gasteiger charge is -2.32. The van der Waals surface area contributed by atoms with Crippen molar-refractivity contribution < 1.29 is 23.4 Å². The molecule has 1 amide bonds. The Bertz CT molecular complexity index is 879. The number of anilines is 2. The van der Waals surface area contributed by atoms with E-state index in [1.54, 1.807) is 39.0 Å². The normalized spacial score (nSPS) is 17.2. The second kappa shape index (κ2) is 7.27. The average Bonchev–Trinajstić information content (AvgIpc) is 2.95. The summed E-state index contributed by atoms with van der Waals surface area (Å²) in [5.41, 5.74) is 6.43. The molecule has 1 heterocycles. The number of nitrogen functional groups attached to an aromatic ring is 1. The molecule has 6 nitrogen and oxygen atoms in total. The van der Waals surface area contributed by atoms with Crippen LogP contribution in [-0.4, -0.2) is 27.9 Å². The van der Waals surface area contributed by atoms with Gasteiger partial charge < -0.3 is 20.9 Å². The Kier molecular flexibility index (Phi) is 5.16. The summed E-state index contributed by atoms with van der Waals surface area (Å²) in [6, 6.07) is 7.50. The lowest BCUT2D eigenvalue weighted by molar-refractivity contribution is 0.00109. The minimum atomic E-state index is -1.50. The Balaban J connectivity index is 1.95. The molecule has 1 aliphatic heterocycles. The van der Waals surface area contributed by atoms with Gasteiger partial charge in [0.1, 0.15) is 35.2 Å². The van der Waals surface area contributed by atoms with E-state index in [4.69, 9.17) is 10.5 Å². The topological polar surface area (TPSA) is 87.8 Å². The number of nitrogens with zero attached hydrogens (tertiary/aromatic N) is 1. The molecule has 3 rings (SSSR count). The van der Waals surface area contributed by atoms with E-state index in [0.29, 0.717) is 11.3 Å². The van der Waals surface area contributed by atoms with Crippen molar-refractivity contribution in [3.05, 3.63) is 59.2 Å². The van der Waals surface area contributed by atoms with Gasteiger partial charge in [0.2, 0.25) is 0 Å². The largest absolute Gasteiger partial charge is 0.444 e. The molecule has 0 aliphatic carbocycles. The molecular weight excluding hydrogens is 368 g/mol. The number of carbonyl (C=O) groups is 1. The van der Waals surface area contributed by atoms with E-state index in [0.717, 1.165) is 17.7 Å². The van der Waals surface area contributed by atoms with Crippen LogP contribution in [0.1, 0.15) is 37.9 Å². The molecule has 0 aromatic heterocycles. The molecule has 2 aromatic rings. The van der Waals surface area contributed by atoms with Crippen LogP contribution in [0.25, 0.3) is 0 Å². The smallest absolute Gasteiger partial charge is 0.411 e. The van der Waals surface area contributed by atoms with E-state index < -0.39 is 41.3 Å². The van der Waals surface area contributed by atoms with Crippen LogP contribution in [0.5, 0.6) is 0 Å². The van der Waals surface area contributed by atoms with Gasteiger partial charge in [-0.05, 0) is 56.2 Å². The maximum absolute atomic E-state index is 14.0. The molecule has 0 spiro atoms. The van der Waals surface area contributed by atoms with Gasteiger partial charge in [-0.15, -0.1) is 0 Å². The highest BCUT2D eigenvalue weighted by molar-refractivity contribution is 5.71. The number of aliphatic hydroxyl groups excluding tert-OH is 1. The number of ether oxygens (including phenoxy) is 1. The van der Waals surface area contributed by atoms with Crippen LogP contribution >= 0.6 is 0 Å². The average molecular weight is 391 g/mol. The van der Waals surface area contributed by atoms with Gasteiger partial charge in [0.05, 0.1) is 6.54 Å². The lowest BCUT2D eigenvalue weighted by Crippen LogP contribution is -2.42. The number of rotatable bonds is 3. The number of carbonyl (C=O) groups excluding carboxylic acids is 1. The summed E-state index contributed by atoms with van der Waals surface area (Å²) in [5, 5.41) is 13.2. The summed E-state index contributed by atoms with van der Waals surface area (Å²) in [7, 11) is 0. The van der Waals surface area contributed by atoms with Gasteiger partial charge in [-0.2, -0.15) is 0 Å². The number of hydrogen-bond acceptors (Lipinski definition) is 5. The molecule has 4 N–H and O–H groups in total. The van der Waals surface area contributed by atoms with Crippen molar-refractivity contribution in [2.45, 2.75) is 45.2 Å². The van der Waals surface area contributed by atoms with E-state index >= 15 is 0 Å². The fourth-order valence-electron chi connectivity index (χ4n) is 3.18. The maximum Gasteiger partial charge on any atom is 0.411 e. The number of nitrogens with two attached hydrogens (primary N) is 1. The van der Waals surface area contributed by atoms with Gasteiger partial charge in [-0.25, -0.2) is 13.6 Å². The van der Waals surface area contributed by atoms with Crippen LogP contribution in [0, 0.1) is 11.6 Å². The van der Waals surface area contributed by atoms with Crippen molar-refractivity contribution in [2.75, 3.05) is 11.1 Å². The van der Waals surface area contributed by atoms with E-state index in [1.807, 2.05) is 0 Å². The van der Waals surface area contributed by atoms with Crippen molar-refractivity contribution in [2.24, 2.45) is 0 Å². The Morgan fingerprint density at radius 2 is 1.93 bits per heavy atom. The van der Waals surface area contributed by atoms with Crippen LogP contribution in [0.3, 0.4) is 0 Å². The molecule has 0 saturated carbocycles. The molecule has 0 fully saturated rings. The maximum atomic E-state index is 14.0. The molecule has 2 unspecified atom stereocenters. The molecule has 0 radical (unpaired) electrons. The molecule has 0 saturated heterocycles. The number of fused-ring (bicyclic) bond motifs is 1. The van der Waals surface area contributed by atoms with Gasteiger partial charge in [-0.3, -0.25) is 4.90 Å². The van der Waals surface area contributed by atoms with Crippen molar-refractivity contribution in [3.63, 3.8) is 0 Å². The molecular formula is C20H23F2N3O3. The number of halogens is 2. The third-order valence-electron chi connectivity index (χ3n) is 4.35. The summed E-state index contributed by atoms with van der Waals surface area (Å²) < 4.78 is 33.4. The summed E-state index contributed by atoms with van der Waals surface area (Å²) in [4.78, 5) is 14.0. The van der Waals surface area contributed by atoms with Crippen molar-refractivity contribution in [1.82, 2.24) is 4.90 Å². The van der Waals surface area contributed by atoms with Crippen molar-refractivity contribution >= 4 is 17.5 Å². The number of amides is 1. The second-order valence-electron chi connectivity index (χ2n) is 7.70. The first kappa shape index (κ1) is 19.9.